The van der Waals surface area contributed by atoms with E-state index in [4.69, 9.17) is 0 Å². The van der Waals surface area contributed by atoms with Gasteiger partial charge in [-0.25, -0.2) is 0 Å². The van der Waals surface area contributed by atoms with Gasteiger partial charge in [0.1, 0.15) is 0 Å². The van der Waals surface area contributed by atoms with Crippen molar-refractivity contribution in [3.8, 4) is 0 Å². The molecule has 3 N–H and O–H groups in total. The lowest BCUT2D eigenvalue weighted by molar-refractivity contribution is -0.136. The Hall–Kier alpha value is -3.26. The number of benzene rings is 1. The SMILES string of the molecule is Cc1cc(NC(=O)C(=O)NCC(=O)NCC2(c3cccs3)CCCC2)c2ccccc2n1. The third-order valence-electron chi connectivity index (χ3n) is 5.94. The monoisotopic (exact) mass is 450 g/mol. The minimum absolute atomic E-state index is 0.0223. The molecule has 32 heavy (non-hydrogen) atoms. The Morgan fingerprint density at radius 1 is 1.03 bits per heavy atom. The van der Waals surface area contributed by atoms with Gasteiger partial charge in [0.15, 0.2) is 0 Å². The van der Waals surface area contributed by atoms with Gasteiger partial charge in [0, 0.05) is 27.9 Å². The number of pyridine rings is 1. The van der Waals surface area contributed by atoms with E-state index in [1.54, 1.807) is 17.4 Å². The van der Waals surface area contributed by atoms with Gasteiger partial charge in [-0.2, -0.15) is 0 Å². The third kappa shape index (κ3) is 4.80. The topological polar surface area (TPSA) is 100 Å². The zero-order chi connectivity index (χ0) is 22.6. The van der Waals surface area contributed by atoms with Gasteiger partial charge >= 0.3 is 11.8 Å². The van der Waals surface area contributed by atoms with Crippen molar-refractivity contribution < 1.29 is 14.4 Å². The number of nitrogens with zero attached hydrogens (tertiary/aromatic N) is 1. The van der Waals surface area contributed by atoms with Crippen LogP contribution in [0.4, 0.5) is 5.69 Å². The maximum atomic E-state index is 12.4. The molecule has 2 heterocycles. The van der Waals surface area contributed by atoms with Crippen molar-refractivity contribution in [1.29, 1.82) is 0 Å². The van der Waals surface area contributed by atoms with Crippen molar-refractivity contribution in [3.05, 3.63) is 58.4 Å². The summed E-state index contributed by atoms with van der Waals surface area (Å²) in [6.45, 7) is 2.11. The van der Waals surface area contributed by atoms with E-state index in [0.29, 0.717) is 12.2 Å². The van der Waals surface area contributed by atoms with E-state index in [1.807, 2.05) is 37.3 Å². The summed E-state index contributed by atoms with van der Waals surface area (Å²) >= 11 is 1.72. The molecule has 1 aliphatic carbocycles. The molecule has 166 valence electrons. The first-order valence-corrected chi connectivity index (χ1v) is 11.6. The molecule has 0 spiro atoms. The summed E-state index contributed by atoms with van der Waals surface area (Å²) in [5.41, 5.74) is 1.95. The number of anilines is 1. The van der Waals surface area contributed by atoms with Crippen molar-refractivity contribution in [2.75, 3.05) is 18.4 Å². The van der Waals surface area contributed by atoms with Crippen LogP contribution in [0.15, 0.2) is 47.8 Å². The van der Waals surface area contributed by atoms with E-state index in [1.165, 1.54) is 4.88 Å². The highest BCUT2D eigenvalue weighted by molar-refractivity contribution is 7.10. The standard InChI is InChI=1S/C24H26N4O3S/c1-16-13-19(17-7-2-3-8-18(17)27-16)28-23(31)22(30)25-14-21(29)26-15-24(10-4-5-11-24)20-9-6-12-32-20/h2-3,6-9,12-13H,4-5,10-11,14-15H2,1H3,(H,25,30)(H,26,29)(H,27,28,31). The zero-order valence-electron chi connectivity index (χ0n) is 17.9. The molecule has 1 saturated carbocycles. The van der Waals surface area contributed by atoms with Gasteiger partial charge in [0.2, 0.25) is 5.91 Å². The van der Waals surface area contributed by atoms with E-state index in [0.717, 1.165) is 42.3 Å². The fourth-order valence-electron chi connectivity index (χ4n) is 4.30. The molecule has 0 atom stereocenters. The minimum atomic E-state index is -0.854. The molecule has 3 amide bonds. The lowest BCUT2D eigenvalue weighted by Crippen LogP contribution is -2.45. The van der Waals surface area contributed by atoms with Gasteiger partial charge in [-0.3, -0.25) is 19.4 Å². The molecule has 1 aliphatic rings. The number of carbonyl (C=O) groups excluding carboxylic acids is 3. The van der Waals surface area contributed by atoms with Crippen LogP contribution >= 0.6 is 11.3 Å². The van der Waals surface area contributed by atoms with Crippen LogP contribution in [-0.2, 0) is 19.8 Å². The molecule has 1 aromatic carbocycles. The normalized spacial score (nSPS) is 14.8. The molecular weight excluding hydrogens is 424 g/mol. The van der Waals surface area contributed by atoms with Crippen molar-refractivity contribution in [3.63, 3.8) is 0 Å². The van der Waals surface area contributed by atoms with Gasteiger partial charge in [-0.15, -0.1) is 11.3 Å². The predicted octanol–water partition coefficient (Wildman–Crippen LogP) is 3.29. The zero-order valence-corrected chi connectivity index (χ0v) is 18.8. The number of aromatic nitrogens is 1. The minimum Gasteiger partial charge on any atom is -0.354 e. The summed E-state index contributed by atoms with van der Waals surface area (Å²) in [4.78, 5) is 42.7. The molecule has 7 nitrogen and oxygen atoms in total. The quantitative estimate of drug-likeness (QED) is 0.502. The lowest BCUT2D eigenvalue weighted by atomic mass is 9.84. The van der Waals surface area contributed by atoms with Crippen molar-refractivity contribution >= 4 is 45.6 Å². The summed E-state index contributed by atoms with van der Waals surface area (Å²) in [5.74, 6) is -1.98. The number of rotatable bonds is 6. The molecule has 0 bridgehead atoms. The Balaban J connectivity index is 1.31. The van der Waals surface area contributed by atoms with E-state index < -0.39 is 11.8 Å². The summed E-state index contributed by atoms with van der Waals surface area (Å²) in [6, 6.07) is 13.2. The molecule has 4 rings (SSSR count). The van der Waals surface area contributed by atoms with E-state index >= 15 is 0 Å². The number of thiophene rings is 1. The first-order chi connectivity index (χ1) is 15.5. The van der Waals surface area contributed by atoms with E-state index in [2.05, 4.69) is 32.4 Å². The smallest absolute Gasteiger partial charge is 0.313 e. The second-order valence-electron chi connectivity index (χ2n) is 8.21. The van der Waals surface area contributed by atoms with Crippen molar-refractivity contribution in [1.82, 2.24) is 15.6 Å². The molecule has 1 fully saturated rings. The Labute approximate surface area is 190 Å². The fraction of sp³-hybridized carbons (Fsp3) is 0.333. The lowest BCUT2D eigenvalue weighted by Gasteiger charge is -2.28. The van der Waals surface area contributed by atoms with Crippen LogP contribution in [-0.4, -0.2) is 35.8 Å². The molecule has 3 aromatic rings. The summed E-state index contributed by atoms with van der Waals surface area (Å²) in [6.07, 6.45) is 4.38. The first kappa shape index (κ1) is 22.0. The molecule has 0 aliphatic heterocycles. The highest BCUT2D eigenvalue weighted by Crippen LogP contribution is 2.42. The van der Waals surface area contributed by atoms with Crippen molar-refractivity contribution in [2.24, 2.45) is 0 Å². The average Bonchev–Trinajstić information content (AvgIpc) is 3.48. The Bertz CT molecular complexity index is 1140. The van der Waals surface area contributed by atoms with Gasteiger partial charge in [-0.05, 0) is 43.3 Å². The number of hydrogen-bond acceptors (Lipinski definition) is 5. The molecule has 0 unspecified atom stereocenters. The van der Waals surface area contributed by atoms with E-state index in [9.17, 15) is 14.4 Å². The Morgan fingerprint density at radius 2 is 1.81 bits per heavy atom. The van der Waals surface area contributed by atoms with E-state index in [-0.39, 0.29) is 17.9 Å². The largest absolute Gasteiger partial charge is 0.354 e. The summed E-state index contributed by atoms with van der Waals surface area (Å²) in [7, 11) is 0. The van der Waals surface area contributed by atoms with Gasteiger partial charge in [-0.1, -0.05) is 37.1 Å². The molecule has 0 saturated heterocycles. The maximum Gasteiger partial charge on any atom is 0.313 e. The Kier molecular flexibility index (Phi) is 6.50. The first-order valence-electron chi connectivity index (χ1n) is 10.7. The van der Waals surface area contributed by atoms with Gasteiger partial charge in [0.05, 0.1) is 17.7 Å². The van der Waals surface area contributed by atoms with Crippen LogP contribution < -0.4 is 16.0 Å². The number of carbonyl (C=O) groups is 3. The highest BCUT2D eigenvalue weighted by Gasteiger charge is 2.36. The predicted molar refractivity (Wildman–Crippen MR) is 126 cm³/mol. The molecular formula is C24H26N4O3S. The second kappa shape index (κ2) is 9.48. The average molecular weight is 451 g/mol. The number of para-hydroxylation sites is 1. The Morgan fingerprint density at radius 3 is 2.56 bits per heavy atom. The van der Waals surface area contributed by atoms with Gasteiger partial charge in [0.25, 0.3) is 0 Å². The van der Waals surface area contributed by atoms with Crippen molar-refractivity contribution in [2.45, 2.75) is 38.0 Å². The molecule has 8 heteroatoms. The van der Waals surface area contributed by atoms with Gasteiger partial charge < -0.3 is 16.0 Å². The fourth-order valence-corrected chi connectivity index (χ4v) is 5.29. The number of aryl methyl sites for hydroxylation is 1. The number of nitrogens with one attached hydrogen (secondary N) is 3. The highest BCUT2D eigenvalue weighted by atomic mass is 32.1. The van der Waals surface area contributed by atoms with Crippen LogP contribution in [0.3, 0.4) is 0 Å². The number of hydrogen-bond donors (Lipinski definition) is 3. The third-order valence-corrected chi connectivity index (χ3v) is 7.05. The summed E-state index contributed by atoms with van der Waals surface area (Å²) < 4.78 is 0. The van der Waals surface area contributed by atoms with Crippen LogP contribution in [0.1, 0.15) is 36.3 Å². The number of fused-ring (bicyclic) bond motifs is 1. The molecule has 2 aromatic heterocycles. The number of amides is 3. The van der Waals surface area contributed by atoms with Crippen LogP contribution in [0.25, 0.3) is 10.9 Å². The maximum absolute atomic E-state index is 12.4. The second-order valence-corrected chi connectivity index (χ2v) is 9.15. The molecule has 0 radical (unpaired) electrons. The van der Waals surface area contributed by atoms with Crippen LogP contribution in [0.5, 0.6) is 0 Å². The van der Waals surface area contributed by atoms with Crippen LogP contribution in [0, 0.1) is 6.92 Å². The van der Waals surface area contributed by atoms with Crippen LogP contribution in [0.2, 0.25) is 0 Å². The summed E-state index contributed by atoms with van der Waals surface area (Å²) in [5, 5.41) is 10.8.